The molecular formula is C13H19NS. The maximum Gasteiger partial charge on any atom is 0.0106 e. The largest absolute Gasteiger partial charge is 0.316 e. The first-order valence-electron chi connectivity index (χ1n) is 5.75. The van der Waals surface area contributed by atoms with Gasteiger partial charge >= 0.3 is 0 Å². The van der Waals surface area contributed by atoms with E-state index in [-0.39, 0.29) is 0 Å². The van der Waals surface area contributed by atoms with E-state index in [0.29, 0.717) is 0 Å². The average molecular weight is 221 g/mol. The molecule has 1 saturated carbocycles. The van der Waals surface area contributed by atoms with Gasteiger partial charge in [-0.2, -0.15) is 0 Å². The fourth-order valence-corrected chi connectivity index (χ4v) is 2.50. The highest BCUT2D eigenvalue weighted by atomic mass is 32.2. The molecule has 0 saturated heterocycles. The molecule has 0 amide bonds. The van der Waals surface area contributed by atoms with E-state index in [1.54, 1.807) is 0 Å². The molecule has 0 bridgehead atoms. The van der Waals surface area contributed by atoms with Gasteiger partial charge in [0.2, 0.25) is 0 Å². The van der Waals surface area contributed by atoms with Gasteiger partial charge in [0.05, 0.1) is 0 Å². The third-order valence-corrected chi connectivity index (χ3v) is 3.66. The summed E-state index contributed by atoms with van der Waals surface area (Å²) in [6.45, 7) is 4.51. The zero-order chi connectivity index (χ0) is 10.5. The normalized spacial score (nSPS) is 15.5. The van der Waals surface area contributed by atoms with Crippen molar-refractivity contribution in [3.8, 4) is 0 Å². The third-order valence-electron chi connectivity index (χ3n) is 2.67. The van der Waals surface area contributed by atoms with Crippen molar-refractivity contribution < 1.29 is 0 Å². The molecule has 0 spiro atoms. The first kappa shape index (κ1) is 11.0. The van der Waals surface area contributed by atoms with E-state index in [2.05, 4.69) is 36.5 Å². The molecular weight excluding hydrogens is 202 g/mol. The Labute approximate surface area is 96.7 Å². The van der Waals surface area contributed by atoms with Crippen LogP contribution in [0.5, 0.6) is 0 Å². The Morgan fingerprint density at radius 2 is 2.27 bits per heavy atom. The van der Waals surface area contributed by atoms with Crippen molar-refractivity contribution in [3.63, 3.8) is 0 Å². The topological polar surface area (TPSA) is 12.0 Å². The summed E-state index contributed by atoms with van der Waals surface area (Å²) in [5.74, 6) is 2.17. The Bertz CT molecular complexity index is 307. The number of benzene rings is 1. The molecule has 2 heteroatoms. The van der Waals surface area contributed by atoms with E-state index >= 15 is 0 Å². The predicted molar refractivity (Wildman–Crippen MR) is 67.5 cm³/mol. The van der Waals surface area contributed by atoms with Crippen LogP contribution >= 0.6 is 11.8 Å². The summed E-state index contributed by atoms with van der Waals surface area (Å²) in [6.07, 6.45) is 2.88. The van der Waals surface area contributed by atoms with Crippen molar-refractivity contribution >= 4 is 11.8 Å². The second-order valence-electron chi connectivity index (χ2n) is 4.31. The van der Waals surface area contributed by atoms with Crippen molar-refractivity contribution in [1.29, 1.82) is 0 Å². The third kappa shape index (κ3) is 4.27. The van der Waals surface area contributed by atoms with Crippen LogP contribution in [-0.2, 0) is 0 Å². The van der Waals surface area contributed by atoms with Crippen LogP contribution < -0.4 is 5.32 Å². The van der Waals surface area contributed by atoms with Crippen LogP contribution in [0.2, 0.25) is 0 Å². The summed E-state index contributed by atoms with van der Waals surface area (Å²) in [5, 5.41) is 3.51. The summed E-state index contributed by atoms with van der Waals surface area (Å²) >= 11 is 1.94. The molecule has 0 unspecified atom stereocenters. The molecule has 1 aliphatic carbocycles. The van der Waals surface area contributed by atoms with Gasteiger partial charge in [-0.25, -0.2) is 0 Å². The number of thioether (sulfide) groups is 1. The lowest BCUT2D eigenvalue weighted by molar-refractivity contribution is 0.666. The summed E-state index contributed by atoms with van der Waals surface area (Å²) in [7, 11) is 0. The van der Waals surface area contributed by atoms with Crippen LogP contribution in [0, 0.1) is 12.8 Å². The summed E-state index contributed by atoms with van der Waals surface area (Å²) < 4.78 is 0. The molecule has 1 N–H and O–H groups in total. The summed E-state index contributed by atoms with van der Waals surface area (Å²) in [5.41, 5.74) is 1.35. The maximum atomic E-state index is 3.51. The van der Waals surface area contributed by atoms with Crippen molar-refractivity contribution in [2.24, 2.45) is 5.92 Å². The molecule has 1 aromatic rings. The molecule has 2 rings (SSSR count). The maximum absolute atomic E-state index is 3.51. The van der Waals surface area contributed by atoms with Crippen LogP contribution in [0.25, 0.3) is 0 Å². The summed E-state index contributed by atoms with van der Waals surface area (Å²) in [6, 6.07) is 8.73. The zero-order valence-corrected chi connectivity index (χ0v) is 10.1. The van der Waals surface area contributed by atoms with Crippen molar-refractivity contribution in [3.05, 3.63) is 29.8 Å². The second-order valence-corrected chi connectivity index (χ2v) is 5.48. The molecule has 0 radical (unpaired) electrons. The molecule has 0 atom stereocenters. The Morgan fingerprint density at radius 3 is 3.00 bits per heavy atom. The van der Waals surface area contributed by atoms with Crippen LogP contribution in [-0.4, -0.2) is 18.8 Å². The van der Waals surface area contributed by atoms with E-state index in [9.17, 15) is 0 Å². The van der Waals surface area contributed by atoms with Crippen LogP contribution in [0.4, 0.5) is 0 Å². The lowest BCUT2D eigenvalue weighted by Crippen LogP contribution is -2.19. The minimum atomic E-state index is 0.994. The van der Waals surface area contributed by atoms with Crippen LogP contribution in [0.15, 0.2) is 29.2 Å². The smallest absolute Gasteiger partial charge is 0.0106 e. The standard InChI is InChI=1S/C13H19NS/c1-11-3-2-4-13(9-11)15-8-7-14-10-12-5-6-12/h2-4,9,12,14H,5-8,10H2,1H3. The number of hydrogen-bond acceptors (Lipinski definition) is 2. The van der Waals surface area contributed by atoms with Gasteiger partial charge in [-0.1, -0.05) is 17.7 Å². The number of aryl methyl sites for hydroxylation is 1. The van der Waals surface area contributed by atoms with Gasteiger partial charge in [0.25, 0.3) is 0 Å². The second kappa shape index (κ2) is 5.57. The highest BCUT2D eigenvalue weighted by molar-refractivity contribution is 7.99. The van der Waals surface area contributed by atoms with Gasteiger partial charge in [0, 0.05) is 17.2 Å². The quantitative estimate of drug-likeness (QED) is 0.585. The van der Waals surface area contributed by atoms with Gasteiger partial charge in [0.1, 0.15) is 0 Å². The molecule has 0 aliphatic heterocycles. The molecule has 1 nitrogen and oxygen atoms in total. The fourth-order valence-electron chi connectivity index (χ4n) is 1.57. The Balaban J connectivity index is 1.60. The van der Waals surface area contributed by atoms with Crippen molar-refractivity contribution in [2.45, 2.75) is 24.7 Å². The van der Waals surface area contributed by atoms with Gasteiger partial charge in [-0.3, -0.25) is 0 Å². The monoisotopic (exact) mass is 221 g/mol. The first-order valence-corrected chi connectivity index (χ1v) is 6.73. The Hall–Kier alpha value is -0.470. The molecule has 15 heavy (non-hydrogen) atoms. The zero-order valence-electron chi connectivity index (χ0n) is 9.33. The highest BCUT2D eigenvalue weighted by Crippen LogP contribution is 2.27. The molecule has 1 aromatic carbocycles. The molecule has 82 valence electrons. The van der Waals surface area contributed by atoms with E-state index in [0.717, 1.165) is 12.5 Å². The van der Waals surface area contributed by atoms with Crippen LogP contribution in [0.3, 0.4) is 0 Å². The number of hydrogen-bond donors (Lipinski definition) is 1. The Morgan fingerprint density at radius 1 is 1.40 bits per heavy atom. The first-order chi connectivity index (χ1) is 7.34. The van der Waals surface area contributed by atoms with Gasteiger partial charge < -0.3 is 5.32 Å². The van der Waals surface area contributed by atoms with Crippen LogP contribution in [0.1, 0.15) is 18.4 Å². The van der Waals surface area contributed by atoms with E-state index < -0.39 is 0 Å². The van der Waals surface area contributed by atoms with Crippen molar-refractivity contribution in [1.82, 2.24) is 5.32 Å². The Kier molecular flexibility index (Phi) is 4.09. The SMILES string of the molecule is Cc1cccc(SCCNCC2CC2)c1. The predicted octanol–water partition coefficient (Wildman–Crippen LogP) is 3.09. The lowest BCUT2D eigenvalue weighted by Gasteiger charge is -2.04. The lowest BCUT2D eigenvalue weighted by atomic mass is 10.2. The molecule has 0 heterocycles. The highest BCUT2D eigenvalue weighted by Gasteiger charge is 2.19. The van der Waals surface area contributed by atoms with Gasteiger partial charge in [0.15, 0.2) is 0 Å². The number of rotatable bonds is 6. The molecule has 1 fully saturated rings. The fraction of sp³-hybridized carbons (Fsp3) is 0.538. The van der Waals surface area contributed by atoms with Gasteiger partial charge in [-0.05, 0) is 44.4 Å². The van der Waals surface area contributed by atoms with Gasteiger partial charge in [-0.15, -0.1) is 11.8 Å². The minimum Gasteiger partial charge on any atom is -0.316 e. The molecule has 0 aromatic heterocycles. The van der Waals surface area contributed by atoms with E-state index in [1.165, 1.54) is 35.6 Å². The summed E-state index contributed by atoms with van der Waals surface area (Å²) in [4.78, 5) is 1.39. The average Bonchev–Trinajstić information content (AvgIpc) is 3.01. The molecule has 1 aliphatic rings. The van der Waals surface area contributed by atoms with E-state index in [1.807, 2.05) is 11.8 Å². The minimum absolute atomic E-state index is 0.994. The van der Waals surface area contributed by atoms with E-state index in [4.69, 9.17) is 0 Å². The van der Waals surface area contributed by atoms with Crippen molar-refractivity contribution in [2.75, 3.05) is 18.8 Å². The number of nitrogens with one attached hydrogen (secondary N) is 1.